The minimum atomic E-state index is -1.71. The Kier molecular flexibility index (Phi) is 5.01. The number of carboxylic acid groups (broad SMARTS) is 1. The molecule has 0 saturated heterocycles. The molecule has 1 rings (SSSR count). The summed E-state index contributed by atoms with van der Waals surface area (Å²) >= 11 is 0. The molecule has 0 aromatic rings. The van der Waals surface area contributed by atoms with Gasteiger partial charge < -0.3 is 9.53 Å². The average Bonchev–Trinajstić information content (AvgIpc) is 2.14. The number of carboxylic acids is 1. The Morgan fingerprint density at radius 2 is 1.94 bits per heavy atom. The smallest absolute Gasteiger partial charge is 0.303 e. The van der Waals surface area contributed by atoms with Crippen molar-refractivity contribution >= 4 is 14.3 Å². The molecular weight excluding hydrogens is 244 g/mol. The number of hydrogen-bond donors (Lipinski definition) is 1. The molecule has 3 nitrogen and oxygen atoms in total. The van der Waals surface area contributed by atoms with Crippen molar-refractivity contribution in [3.63, 3.8) is 0 Å². The van der Waals surface area contributed by atoms with Crippen molar-refractivity contribution in [3.05, 3.63) is 0 Å². The van der Waals surface area contributed by atoms with E-state index in [0.29, 0.717) is 12.3 Å². The molecule has 18 heavy (non-hydrogen) atoms. The fourth-order valence-electron chi connectivity index (χ4n) is 2.37. The van der Waals surface area contributed by atoms with Crippen molar-refractivity contribution in [3.8, 4) is 0 Å². The lowest BCUT2D eigenvalue weighted by Gasteiger charge is -2.41. The van der Waals surface area contributed by atoms with Crippen molar-refractivity contribution in [2.45, 2.75) is 77.1 Å². The summed E-state index contributed by atoms with van der Waals surface area (Å²) in [4.78, 5) is 10.8. The van der Waals surface area contributed by atoms with E-state index in [-0.39, 0.29) is 11.1 Å². The molecule has 0 aromatic carbocycles. The maximum Gasteiger partial charge on any atom is 0.303 e. The molecule has 1 saturated carbocycles. The van der Waals surface area contributed by atoms with E-state index < -0.39 is 14.3 Å². The van der Waals surface area contributed by atoms with Gasteiger partial charge in [-0.2, -0.15) is 0 Å². The lowest BCUT2D eigenvalue weighted by atomic mass is 9.85. The van der Waals surface area contributed by atoms with Crippen LogP contribution in [0.4, 0.5) is 0 Å². The molecule has 0 bridgehead atoms. The Morgan fingerprint density at radius 3 is 2.44 bits per heavy atom. The largest absolute Gasteiger partial charge is 0.481 e. The summed E-state index contributed by atoms with van der Waals surface area (Å²) in [5.74, 6) is -0.362. The van der Waals surface area contributed by atoms with Gasteiger partial charge in [0.1, 0.15) is 0 Å². The van der Waals surface area contributed by atoms with Crippen molar-refractivity contribution in [1.82, 2.24) is 0 Å². The average molecular weight is 272 g/mol. The maximum absolute atomic E-state index is 10.8. The zero-order valence-corrected chi connectivity index (χ0v) is 13.5. The molecule has 0 heterocycles. The molecule has 2 unspecified atom stereocenters. The Hall–Kier alpha value is -0.353. The zero-order valence-electron chi connectivity index (χ0n) is 12.5. The molecule has 0 aromatic heterocycles. The first-order valence-electron chi connectivity index (χ1n) is 7.01. The van der Waals surface area contributed by atoms with Gasteiger partial charge in [-0.25, -0.2) is 0 Å². The minimum Gasteiger partial charge on any atom is -0.481 e. The van der Waals surface area contributed by atoms with Gasteiger partial charge in [0.05, 0.1) is 0 Å². The topological polar surface area (TPSA) is 46.5 Å². The van der Waals surface area contributed by atoms with Gasteiger partial charge in [0.25, 0.3) is 0 Å². The normalized spacial score (nSPS) is 26.1. The standard InChI is InChI=1S/C14H28O3Si/c1-14(2,3)18(4,5)17-12-8-6-7-11(9-12)10-13(15)16/h11-12H,6-10H2,1-5H3,(H,15,16). The van der Waals surface area contributed by atoms with Gasteiger partial charge in [0.2, 0.25) is 0 Å². The highest BCUT2D eigenvalue weighted by Crippen LogP contribution is 2.40. The highest BCUT2D eigenvalue weighted by atomic mass is 28.4. The van der Waals surface area contributed by atoms with Crippen molar-refractivity contribution in [1.29, 1.82) is 0 Å². The van der Waals surface area contributed by atoms with Crippen LogP contribution < -0.4 is 0 Å². The lowest BCUT2D eigenvalue weighted by Crippen LogP contribution is -2.45. The van der Waals surface area contributed by atoms with Crippen LogP contribution in [-0.2, 0) is 9.22 Å². The summed E-state index contributed by atoms with van der Waals surface area (Å²) < 4.78 is 6.40. The predicted octanol–water partition coefficient (Wildman–Crippen LogP) is 4.04. The Bertz CT molecular complexity index is 294. The van der Waals surface area contributed by atoms with Crippen LogP contribution in [0.25, 0.3) is 0 Å². The van der Waals surface area contributed by atoms with Gasteiger partial charge >= 0.3 is 5.97 Å². The van der Waals surface area contributed by atoms with Crippen LogP contribution in [0, 0.1) is 5.92 Å². The molecule has 0 spiro atoms. The van der Waals surface area contributed by atoms with E-state index >= 15 is 0 Å². The van der Waals surface area contributed by atoms with E-state index in [0.717, 1.165) is 25.7 Å². The van der Waals surface area contributed by atoms with Crippen LogP contribution in [-0.4, -0.2) is 25.5 Å². The second kappa shape index (κ2) is 5.74. The molecular formula is C14H28O3Si. The van der Waals surface area contributed by atoms with Gasteiger partial charge in [-0.3, -0.25) is 4.79 Å². The molecule has 1 aliphatic carbocycles. The number of aliphatic carboxylic acids is 1. The molecule has 1 fully saturated rings. The molecule has 4 heteroatoms. The molecule has 106 valence electrons. The van der Waals surface area contributed by atoms with E-state index in [1.165, 1.54) is 0 Å². The third-order valence-corrected chi connectivity index (χ3v) is 9.00. The summed E-state index contributed by atoms with van der Waals surface area (Å²) in [7, 11) is -1.71. The predicted molar refractivity (Wildman–Crippen MR) is 76.3 cm³/mol. The molecule has 0 aliphatic heterocycles. The van der Waals surface area contributed by atoms with Gasteiger partial charge in [-0.15, -0.1) is 0 Å². The van der Waals surface area contributed by atoms with Crippen LogP contribution in [0.5, 0.6) is 0 Å². The third kappa shape index (κ3) is 4.39. The number of hydrogen-bond acceptors (Lipinski definition) is 2. The van der Waals surface area contributed by atoms with Gasteiger partial charge in [0, 0.05) is 12.5 Å². The molecule has 0 radical (unpaired) electrons. The summed E-state index contributed by atoms with van der Waals surface area (Å²) in [6.45, 7) is 11.3. The molecule has 1 N–H and O–H groups in total. The first-order chi connectivity index (χ1) is 8.12. The monoisotopic (exact) mass is 272 g/mol. The van der Waals surface area contributed by atoms with E-state index in [2.05, 4.69) is 33.9 Å². The van der Waals surface area contributed by atoms with Gasteiger partial charge in [0.15, 0.2) is 8.32 Å². The second-order valence-electron chi connectivity index (χ2n) is 7.13. The fourth-order valence-corrected chi connectivity index (χ4v) is 3.78. The Labute approximate surface area is 112 Å². The molecule has 2 atom stereocenters. The maximum atomic E-state index is 10.8. The van der Waals surface area contributed by atoms with Gasteiger partial charge in [-0.05, 0) is 43.3 Å². The fraction of sp³-hybridized carbons (Fsp3) is 0.929. The van der Waals surface area contributed by atoms with Crippen molar-refractivity contribution in [2.24, 2.45) is 5.92 Å². The lowest BCUT2D eigenvalue weighted by molar-refractivity contribution is -0.138. The molecule has 1 aliphatic rings. The van der Waals surface area contributed by atoms with Crippen LogP contribution in [0.1, 0.15) is 52.9 Å². The summed E-state index contributed by atoms with van der Waals surface area (Å²) in [6, 6.07) is 0. The van der Waals surface area contributed by atoms with Crippen LogP contribution in [0.3, 0.4) is 0 Å². The second-order valence-corrected chi connectivity index (χ2v) is 11.9. The van der Waals surface area contributed by atoms with Crippen LogP contribution >= 0.6 is 0 Å². The Balaban J connectivity index is 2.55. The highest BCUT2D eigenvalue weighted by Gasteiger charge is 2.40. The van der Waals surface area contributed by atoms with Crippen LogP contribution in [0.2, 0.25) is 18.1 Å². The van der Waals surface area contributed by atoms with Gasteiger partial charge in [-0.1, -0.05) is 27.2 Å². The summed E-state index contributed by atoms with van der Waals surface area (Å²) in [6.07, 6.45) is 4.77. The van der Waals surface area contributed by atoms with Crippen molar-refractivity contribution in [2.75, 3.05) is 0 Å². The molecule has 0 amide bonds. The SMILES string of the molecule is CC(C)(C)[Si](C)(C)OC1CCCC(CC(=O)O)C1. The minimum absolute atomic E-state index is 0.229. The first-order valence-corrected chi connectivity index (χ1v) is 9.92. The number of rotatable bonds is 4. The zero-order chi connectivity index (χ0) is 14.0. The number of carbonyl (C=O) groups is 1. The van der Waals surface area contributed by atoms with E-state index in [4.69, 9.17) is 9.53 Å². The van der Waals surface area contributed by atoms with E-state index in [1.54, 1.807) is 0 Å². The quantitative estimate of drug-likeness (QED) is 0.786. The van der Waals surface area contributed by atoms with E-state index in [9.17, 15) is 4.79 Å². The Morgan fingerprint density at radius 1 is 1.33 bits per heavy atom. The van der Waals surface area contributed by atoms with Crippen molar-refractivity contribution < 1.29 is 14.3 Å². The summed E-state index contributed by atoms with van der Waals surface area (Å²) in [5, 5.41) is 9.11. The highest BCUT2D eigenvalue weighted by molar-refractivity contribution is 6.74. The third-order valence-electron chi connectivity index (χ3n) is 4.47. The van der Waals surface area contributed by atoms with Crippen LogP contribution in [0.15, 0.2) is 0 Å². The summed E-state index contributed by atoms with van der Waals surface area (Å²) in [5.41, 5.74) is 0. The van der Waals surface area contributed by atoms with E-state index in [1.807, 2.05) is 0 Å². The first kappa shape index (κ1) is 15.7.